The van der Waals surface area contributed by atoms with Crippen LogP contribution in [0.1, 0.15) is 49.0 Å². The Morgan fingerprint density at radius 3 is 2.75 bits per heavy atom. The standard InChI is InChI=1S/C27H30N4O/c1-27(2,3)26-29-15-21-17-31(12-11-24(21)30-26)16-20-14-28-25-10-9-22(13-23(20)25)32-18-19-7-5-4-6-8-19/h4-10,13-15,28H,11-12,16-18H2,1-3H3. The molecule has 2 aromatic carbocycles. The number of aromatic nitrogens is 3. The molecule has 3 heterocycles. The fourth-order valence-corrected chi connectivity index (χ4v) is 4.23. The molecule has 32 heavy (non-hydrogen) atoms. The first kappa shape index (κ1) is 20.7. The van der Waals surface area contributed by atoms with Crippen molar-refractivity contribution in [2.24, 2.45) is 0 Å². The zero-order valence-corrected chi connectivity index (χ0v) is 19.1. The smallest absolute Gasteiger partial charge is 0.133 e. The van der Waals surface area contributed by atoms with E-state index in [0.29, 0.717) is 6.61 Å². The lowest BCUT2D eigenvalue weighted by Gasteiger charge is -2.29. The molecule has 0 amide bonds. The molecular formula is C27H30N4O. The van der Waals surface area contributed by atoms with Gasteiger partial charge in [0.25, 0.3) is 0 Å². The third-order valence-electron chi connectivity index (χ3n) is 6.06. The van der Waals surface area contributed by atoms with Gasteiger partial charge in [-0.1, -0.05) is 51.1 Å². The van der Waals surface area contributed by atoms with Crippen LogP contribution in [0.3, 0.4) is 0 Å². The molecule has 4 aromatic rings. The molecule has 5 rings (SSSR count). The van der Waals surface area contributed by atoms with E-state index in [9.17, 15) is 0 Å². The minimum atomic E-state index is -0.0174. The van der Waals surface area contributed by atoms with Crippen LogP contribution in [-0.4, -0.2) is 26.4 Å². The summed E-state index contributed by atoms with van der Waals surface area (Å²) in [5.74, 6) is 1.83. The summed E-state index contributed by atoms with van der Waals surface area (Å²) in [5.41, 5.74) is 6.04. The van der Waals surface area contributed by atoms with Crippen molar-refractivity contribution in [2.45, 2.75) is 52.3 Å². The molecule has 0 atom stereocenters. The summed E-state index contributed by atoms with van der Waals surface area (Å²) in [6.45, 7) is 9.85. The van der Waals surface area contributed by atoms with Gasteiger partial charge in [-0.05, 0) is 29.3 Å². The van der Waals surface area contributed by atoms with Crippen LogP contribution < -0.4 is 4.74 Å². The Morgan fingerprint density at radius 2 is 1.94 bits per heavy atom. The van der Waals surface area contributed by atoms with Gasteiger partial charge >= 0.3 is 0 Å². The van der Waals surface area contributed by atoms with Crippen molar-refractivity contribution in [3.05, 3.63) is 89.1 Å². The van der Waals surface area contributed by atoms with Crippen molar-refractivity contribution in [2.75, 3.05) is 6.54 Å². The van der Waals surface area contributed by atoms with Crippen LogP contribution in [0.25, 0.3) is 10.9 Å². The van der Waals surface area contributed by atoms with Gasteiger partial charge in [0.2, 0.25) is 0 Å². The molecule has 164 valence electrons. The van der Waals surface area contributed by atoms with E-state index in [0.717, 1.165) is 43.1 Å². The first-order chi connectivity index (χ1) is 15.5. The number of rotatable bonds is 5. The van der Waals surface area contributed by atoms with Crippen molar-refractivity contribution in [1.82, 2.24) is 19.9 Å². The zero-order chi connectivity index (χ0) is 22.1. The second-order valence-corrected chi connectivity index (χ2v) is 9.67. The van der Waals surface area contributed by atoms with Crippen LogP contribution in [0.4, 0.5) is 0 Å². The van der Waals surface area contributed by atoms with Crippen molar-refractivity contribution in [3.8, 4) is 5.75 Å². The van der Waals surface area contributed by atoms with Crippen LogP contribution in [0.5, 0.6) is 5.75 Å². The summed E-state index contributed by atoms with van der Waals surface area (Å²) in [6, 6.07) is 16.6. The fourth-order valence-electron chi connectivity index (χ4n) is 4.23. The highest BCUT2D eigenvalue weighted by Gasteiger charge is 2.23. The van der Waals surface area contributed by atoms with E-state index in [2.05, 4.69) is 66.1 Å². The minimum Gasteiger partial charge on any atom is -0.489 e. The highest BCUT2D eigenvalue weighted by molar-refractivity contribution is 5.84. The number of nitrogens with one attached hydrogen (secondary N) is 1. The van der Waals surface area contributed by atoms with Crippen LogP contribution in [0.15, 0.2) is 60.9 Å². The van der Waals surface area contributed by atoms with Crippen LogP contribution >= 0.6 is 0 Å². The second kappa shape index (κ2) is 8.40. The quantitative estimate of drug-likeness (QED) is 0.465. The molecule has 0 radical (unpaired) electrons. The number of H-pyrrole nitrogens is 1. The number of ether oxygens (including phenoxy) is 1. The largest absolute Gasteiger partial charge is 0.489 e. The highest BCUT2D eigenvalue weighted by atomic mass is 16.5. The minimum absolute atomic E-state index is 0.0174. The average Bonchev–Trinajstić information content (AvgIpc) is 3.19. The maximum Gasteiger partial charge on any atom is 0.133 e. The van der Waals surface area contributed by atoms with E-state index in [4.69, 9.17) is 9.72 Å². The molecule has 1 aliphatic rings. The normalized spacial score (nSPS) is 14.5. The number of benzene rings is 2. The number of hydrogen-bond acceptors (Lipinski definition) is 4. The second-order valence-electron chi connectivity index (χ2n) is 9.67. The molecule has 0 spiro atoms. The van der Waals surface area contributed by atoms with E-state index in [-0.39, 0.29) is 5.41 Å². The molecule has 0 bridgehead atoms. The van der Waals surface area contributed by atoms with Crippen molar-refractivity contribution in [1.29, 1.82) is 0 Å². The lowest BCUT2D eigenvalue weighted by Crippen LogP contribution is -2.31. The monoisotopic (exact) mass is 426 g/mol. The molecule has 0 aliphatic carbocycles. The molecule has 0 fully saturated rings. The van der Waals surface area contributed by atoms with Crippen molar-refractivity contribution >= 4 is 10.9 Å². The van der Waals surface area contributed by atoms with Gasteiger partial charge in [-0.15, -0.1) is 0 Å². The first-order valence-electron chi connectivity index (χ1n) is 11.3. The first-order valence-corrected chi connectivity index (χ1v) is 11.3. The Labute approximate surface area is 189 Å². The number of nitrogens with zero attached hydrogens (tertiary/aromatic N) is 3. The van der Waals surface area contributed by atoms with E-state index >= 15 is 0 Å². The average molecular weight is 427 g/mol. The predicted octanol–water partition coefficient (Wildman–Crippen LogP) is 5.39. The van der Waals surface area contributed by atoms with Gasteiger partial charge in [-0.25, -0.2) is 9.97 Å². The van der Waals surface area contributed by atoms with Crippen LogP contribution in [-0.2, 0) is 31.5 Å². The van der Waals surface area contributed by atoms with Crippen LogP contribution in [0.2, 0.25) is 0 Å². The molecular weight excluding hydrogens is 396 g/mol. The predicted molar refractivity (Wildman–Crippen MR) is 128 cm³/mol. The molecule has 1 N–H and O–H groups in total. The summed E-state index contributed by atoms with van der Waals surface area (Å²) >= 11 is 0. The topological polar surface area (TPSA) is 54.0 Å². The summed E-state index contributed by atoms with van der Waals surface area (Å²) in [4.78, 5) is 15.4. The Morgan fingerprint density at radius 1 is 1.09 bits per heavy atom. The Hall–Kier alpha value is -3.18. The number of aromatic amines is 1. The Bertz CT molecular complexity index is 1220. The summed E-state index contributed by atoms with van der Waals surface area (Å²) < 4.78 is 6.06. The van der Waals surface area contributed by atoms with Gasteiger partial charge in [-0.3, -0.25) is 4.90 Å². The van der Waals surface area contributed by atoms with Gasteiger partial charge in [0, 0.05) is 66.0 Å². The Kier molecular flexibility index (Phi) is 5.43. The summed E-state index contributed by atoms with van der Waals surface area (Å²) in [7, 11) is 0. The lowest BCUT2D eigenvalue weighted by molar-refractivity contribution is 0.243. The zero-order valence-electron chi connectivity index (χ0n) is 19.1. The molecule has 0 saturated carbocycles. The van der Waals surface area contributed by atoms with E-state index < -0.39 is 0 Å². The van der Waals surface area contributed by atoms with Gasteiger partial charge < -0.3 is 9.72 Å². The lowest BCUT2D eigenvalue weighted by atomic mass is 9.95. The fraction of sp³-hybridized carbons (Fsp3) is 0.333. The number of fused-ring (bicyclic) bond motifs is 2. The van der Waals surface area contributed by atoms with Crippen LogP contribution in [0, 0.1) is 0 Å². The number of hydrogen-bond donors (Lipinski definition) is 1. The van der Waals surface area contributed by atoms with E-state index in [1.165, 1.54) is 27.8 Å². The highest BCUT2D eigenvalue weighted by Crippen LogP contribution is 2.28. The molecule has 2 aromatic heterocycles. The van der Waals surface area contributed by atoms with Gasteiger partial charge in [0.15, 0.2) is 0 Å². The van der Waals surface area contributed by atoms with Gasteiger partial charge in [-0.2, -0.15) is 0 Å². The summed E-state index contributed by atoms with van der Waals surface area (Å²) in [5, 5.41) is 1.22. The molecule has 0 saturated heterocycles. The van der Waals surface area contributed by atoms with E-state index in [1.54, 1.807) is 0 Å². The third kappa shape index (κ3) is 4.39. The maximum atomic E-state index is 6.06. The van der Waals surface area contributed by atoms with Crippen molar-refractivity contribution in [3.63, 3.8) is 0 Å². The molecule has 1 aliphatic heterocycles. The van der Waals surface area contributed by atoms with E-state index in [1.807, 2.05) is 30.5 Å². The Balaban J connectivity index is 1.30. The molecule has 5 nitrogen and oxygen atoms in total. The maximum absolute atomic E-state index is 6.06. The van der Waals surface area contributed by atoms with Crippen molar-refractivity contribution < 1.29 is 4.74 Å². The van der Waals surface area contributed by atoms with Gasteiger partial charge in [0.05, 0.1) is 0 Å². The summed E-state index contributed by atoms with van der Waals surface area (Å²) in [6.07, 6.45) is 5.12. The molecule has 5 heteroatoms. The molecule has 0 unspecified atom stereocenters. The SMILES string of the molecule is CC(C)(C)c1ncc2c(n1)CCN(Cc1c[nH]c3ccc(OCc4ccccc4)cc13)C2. The third-order valence-corrected chi connectivity index (χ3v) is 6.06. The van der Waals surface area contributed by atoms with Gasteiger partial charge in [0.1, 0.15) is 18.2 Å².